The van der Waals surface area contributed by atoms with E-state index in [0.717, 1.165) is 43.6 Å². The molecule has 94 valence electrons. The molecule has 2 rings (SSSR count). The van der Waals surface area contributed by atoms with Crippen LogP contribution in [0.1, 0.15) is 24.0 Å². The Balaban J connectivity index is 2.20. The van der Waals surface area contributed by atoms with Crippen LogP contribution in [0.25, 0.3) is 0 Å². The van der Waals surface area contributed by atoms with Crippen molar-refractivity contribution in [3.63, 3.8) is 0 Å². The molecular weight excluding hydrogens is 217 g/mol. The molecule has 1 aliphatic rings. The fourth-order valence-electron chi connectivity index (χ4n) is 2.49. The van der Waals surface area contributed by atoms with Gasteiger partial charge in [0.2, 0.25) is 0 Å². The van der Waals surface area contributed by atoms with Crippen molar-refractivity contribution in [3.05, 3.63) is 35.1 Å². The fraction of sp³-hybridized carbons (Fsp3) is 0.571. The van der Waals surface area contributed by atoms with Gasteiger partial charge in [0.15, 0.2) is 0 Å². The predicted molar refractivity (Wildman–Crippen MR) is 66.4 cm³/mol. The summed E-state index contributed by atoms with van der Waals surface area (Å²) < 4.78 is 18.7. The van der Waals surface area contributed by atoms with Gasteiger partial charge in [-0.25, -0.2) is 4.39 Å². The van der Waals surface area contributed by atoms with Gasteiger partial charge in [-0.2, -0.15) is 0 Å². The summed E-state index contributed by atoms with van der Waals surface area (Å²) in [5, 5.41) is 0. The Morgan fingerprint density at radius 1 is 1.35 bits per heavy atom. The van der Waals surface area contributed by atoms with Crippen LogP contribution < -0.4 is 5.73 Å². The number of nitrogens with two attached hydrogens (primary N) is 1. The average Bonchev–Trinajstić information content (AvgIpc) is 2.35. The molecule has 0 aliphatic carbocycles. The van der Waals surface area contributed by atoms with Gasteiger partial charge in [0.25, 0.3) is 0 Å². The molecule has 1 heterocycles. The van der Waals surface area contributed by atoms with Crippen molar-refractivity contribution in [2.45, 2.75) is 26.2 Å². The van der Waals surface area contributed by atoms with Crippen LogP contribution in [0, 0.1) is 18.2 Å². The first-order valence-corrected chi connectivity index (χ1v) is 6.18. The molecular formula is C14H20FNO. The summed E-state index contributed by atoms with van der Waals surface area (Å²) in [6.45, 7) is 4.21. The Morgan fingerprint density at radius 3 is 2.71 bits per heavy atom. The van der Waals surface area contributed by atoms with Gasteiger partial charge in [-0.1, -0.05) is 6.07 Å². The number of hydrogen-bond acceptors (Lipinski definition) is 2. The highest BCUT2D eigenvalue weighted by Crippen LogP contribution is 2.34. The molecule has 0 amide bonds. The molecule has 0 saturated carbocycles. The third-order valence-electron chi connectivity index (χ3n) is 3.86. The van der Waals surface area contributed by atoms with Gasteiger partial charge in [-0.15, -0.1) is 0 Å². The molecule has 0 aromatic heterocycles. The maximum absolute atomic E-state index is 13.3. The van der Waals surface area contributed by atoms with Gasteiger partial charge in [-0.3, -0.25) is 0 Å². The van der Waals surface area contributed by atoms with Crippen LogP contribution in [0.4, 0.5) is 4.39 Å². The molecule has 1 fully saturated rings. The van der Waals surface area contributed by atoms with Gasteiger partial charge < -0.3 is 10.5 Å². The predicted octanol–water partition coefficient (Wildman–Crippen LogP) is 2.43. The fourth-order valence-corrected chi connectivity index (χ4v) is 2.49. The molecule has 0 unspecified atom stereocenters. The maximum Gasteiger partial charge on any atom is 0.123 e. The van der Waals surface area contributed by atoms with Gasteiger partial charge in [0.05, 0.1) is 0 Å². The average molecular weight is 237 g/mol. The summed E-state index contributed by atoms with van der Waals surface area (Å²) in [6, 6.07) is 4.99. The molecule has 1 aliphatic heterocycles. The molecule has 3 heteroatoms. The lowest BCUT2D eigenvalue weighted by atomic mass is 9.74. The maximum atomic E-state index is 13.3. The van der Waals surface area contributed by atoms with E-state index in [1.807, 2.05) is 13.0 Å². The van der Waals surface area contributed by atoms with E-state index in [2.05, 4.69) is 0 Å². The molecule has 2 N–H and O–H groups in total. The van der Waals surface area contributed by atoms with Crippen LogP contribution in [0.5, 0.6) is 0 Å². The summed E-state index contributed by atoms with van der Waals surface area (Å²) in [7, 11) is 0. The Kier molecular flexibility index (Phi) is 3.79. The SMILES string of the molecule is Cc1ccc(F)cc1CC1(CN)CCOCC1. The van der Waals surface area contributed by atoms with E-state index in [1.54, 1.807) is 6.07 Å². The van der Waals surface area contributed by atoms with Gasteiger partial charge in [-0.05, 0) is 61.4 Å². The summed E-state index contributed by atoms with van der Waals surface area (Å²) in [5.74, 6) is -0.162. The van der Waals surface area contributed by atoms with Crippen molar-refractivity contribution in [1.82, 2.24) is 0 Å². The van der Waals surface area contributed by atoms with Crippen LogP contribution in [-0.4, -0.2) is 19.8 Å². The molecule has 1 aromatic rings. The number of benzene rings is 1. The minimum atomic E-state index is -0.162. The van der Waals surface area contributed by atoms with Crippen molar-refractivity contribution in [3.8, 4) is 0 Å². The van der Waals surface area contributed by atoms with Gasteiger partial charge in [0.1, 0.15) is 5.82 Å². The molecule has 0 spiro atoms. The summed E-state index contributed by atoms with van der Waals surface area (Å²) in [6.07, 6.45) is 2.80. The van der Waals surface area contributed by atoms with Crippen molar-refractivity contribution >= 4 is 0 Å². The Bertz CT molecular complexity index is 386. The number of ether oxygens (including phenoxy) is 1. The largest absolute Gasteiger partial charge is 0.381 e. The Morgan fingerprint density at radius 2 is 2.06 bits per heavy atom. The minimum absolute atomic E-state index is 0.0941. The normalized spacial score (nSPS) is 19.2. The van der Waals surface area contributed by atoms with E-state index in [4.69, 9.17) is 10.5 Å². The van der Waals surface area contributed by atoms with E-state index in [9.17, 15) is 4.39 Å². The van der Waals surface area contributed by atoms with E-state index >= 15 is 0 Å². The van der Waals surface area contributed by atoms with E-state index in [-0.39, 0.29) is 11.2 Å². The Hall–Kier alpha value is -0.930. The highest BCUT2D eigenvalue weighted by atomic mass is 19.1. The number of halogens is 1. The van der Waals surface area contributed by atoms with Gasteiger partial charge >= 0.3 is 0 Å². The van der Waals surface area contributed by atoms with E-state index in [0.29, 0.717) is 6.54 Å². The van der Waals surface area contributed by atoms with Crippen molar-refractivity contribution < 1.29 is 9.13 Å². The third-order valence-corrected chi connectivity index (χ3v) is 3.86. The van der Waals surface area contributed by atoms with E-state index in [1.165, 1.54) is 6.07 Å². The van der Waals surface area contributed by atoms with Crippen LogP contribution in [0.3, 0.4) is 0 Å². The molecule has 0 atom stereocenters. The van der Waals surface area contributed by atoms with Gasteiger partial charge in [0, 0.05) is 13.2 Å². The summed E-state index contributed by atoms with van der Waals surface area (Å²) in [4.78, 5) is 0. The second-order valence-corrected chi connectivity index (χ2v) is 5.06. The van der Waals surface area contributed by atoms with Crippen LogP contribution in [0.2, 0.25) is 0 Å². The highest BCUT2D eigenvalue weighted by molar-refractivity contribution is 5.28. The molecule has 1 aromatic carbocycles. The van der Waals surface area contributed by atoms with Crippen molar-refractivity contribution in [1.29, 1.82) is 0 Å². The third kappa shape index (κ3) is 2.85. The van der Waals surface area contributed by atoms with Crippen LogP contribution in [0.15, 0.2) is 18.2 Å². The first-order chi connectivity index (χ1) is 8.15. The summed E-state index contributed by atoms with van der Waals surface area (Å²) in [5.41, 5.74) is 8.24. The Labute approximate surface area is 102 Å². The van der Waals surface area contributed by atoms with Crippen LogP contribution in [-0.2, 0) is 11.2 Å². The summed E-state index contributed by atoms with van der Waals surface area (Å²) >= 11 is 0. The lowest BCUT2D eigenvalue weighted by molar-refractivity contribution is 0.0190. The minimum Gasteiger partial charge on any atom is -0.381 e. The molecule has 1 saturated heterocycles. The molecule has 0 radical (unpaired) electrons. The quantitative estimate of drug-likeness (QED) is 0.876. The second kappa shape index (κ2) is 5.15. The topological polar surface area (TPSA) is 35.2 Å². The van der Waals surface area contributed by atoms with E-state index < -0.39 is 0 Å². The molecule has 2 nitrogen and oxygen atoms in total. The first kappa shape index (κ1) is 12.5. The lowest BCUT2D eigenvalue weighted by Gasteiger charge is -2.36. The number of aryl methyl sites for hydroxylation is 1. The zero-order chi connectivity index (χ0) is 12.3. The van der Waals surface area contributed by atoms with Crippen molar-refractivity contribution in [2.75, 3.05) is 19.8 Å². The lowest BCUT2D eigenvalue weighted by Crippen LogP contribution is -2.38. The number of rotatable bonds is 3. The monoisotopic (exact) mass is 237 g/mol. The van der Waals surface area contributed by atoms with Crippen molar-refractivity contribution in [2.24, 2.45) is 11.1 Å². The molecule has 17 heavy (non-hydrogen) atoms. The highest BCUT2D eigenvalue weighted by Gasteiger charge is 2.31. The zero-order valence-electron chi connectivity index (χ0n) is 10.3. The zero-order valence-corrected chi connectivity index (χ0v) is 10.3. The molecule has 0 bridgehead atoms. The smallest absolute Gasteiger partial charge is 0.123 e. The number of hydrogen-bond donors (Lipinski definition) is 1. The second-order valence-electron chi connectivity index (χ2n) is 5.06. The first-order valence-electron chi connectivity index (χ1n) is 6.18. The van der Waals surface area contributed by atoms with Crippen LogP contribution >= 0.6 is 0 Å². The standard InChI is InChI=1S/C14H20FNO/c1-11-2-3-13(15)8-12(11)9-14(10-16)4-6-17-7-5-14/h2-3,8H,4-7,9-10,16H2,1H3.